The molecule has 1 aliphatic heterocycles. The number of hydrogen-bond donors (Lipinski definition) is 2. The number of benzene rings is 1. The molecular formula is C21H26N7S+. The van der Waals surface area contributed by atoms with E-state index in [1.54, 1.807) is 16.2 Å². The Kier molecular flexibility index (Phi) is 4.89. The summed E-state index contributed by atoms with van der Waals surface area (Å²) < 4.78 is 1.94. The molecule has 0 bridgehead atoms. The van der Waals surface area contributed by atoms with E-state index in [1.165, 1.54) is 16.0 Å². The number of nitrogens with zero attached hydrogens (tertiary/aromatic N) is 5. The van der Waals surface area contributed by atoms with E-state index in [0.29, 0.717) is 5.92 Å². The van der Waals surface area contributed by atoms with Crippen LogP contribution >= 0.6 is 11.3 Å². The Morgan fingerprint density at radius 3 is 2.83 bits per heavy atom. The number of piperidine rings is 1. The number of rotatable bonds is 5. The number of likely N-dealkylation sites (tertiary alicyclic amines) is 1. The summed E-state index contributed by atoms with van der Waals surface area (Å²) in [5, 5.41) is 14.5. The van der Waals surface area contributed by atoms with Crippen molar-refractivity contribution in [3.05, 3.63) is 57.3 Å². The first kappa shape index (κ1) is 18.4. The second-order valence-electron chi connectivity index (χ2n) is 8.11. The molecule has 1 aliphatic rings. The summed E-state index contributed by atoms with van der Waals surface area (Å²) in [7, 11) is 0. The van der Waals surface area contributed by atoms with Crippen molar-refractivity contribution in [1.82, 2.24) is 30.2 Å². The number of quaternary nitrogens is 1. The molecule has 0 amide bonds. The lowest BCUT2D eigenvalue weighted by Gasteiger charge is -2.27. The van der Waals surface area contributed by atoms with Crippen molar-refractivity contribution < 1.29 is 4.90 Å². The molecular weight excluding hydrogens is 382 g/mol. The highest BCUT2D eigenvalue weighted by molar-refractivity contribution is 7.09. The number of imidazole rings is 1. The van der Waals surface area contributed by atoms with E-state index in [-0.39, 0.29) is 0 Å². The molecule has 7 nitrogen and oxygen atoms in total. The first-order valence-corrected chi connectivity index (χ1v) is 11.1. The number of nitrogens with one attached hydrogen (secondary N) is 2. The zero-order valence-electron chi connectivity index (χ0n) is 16.9. The van der Waals surface area contributed by atoms with E-state index in [1.807, 2.05) is 4.68 Å². The molecule has 1 aromatic carbocycles. The number of fused-ring (bicyclic) bond motifs is 1. The Bertz CT molecular complexity index is 1060. The quantitative estimate of drug-likeness (QED) is 0.531. The molecule has 4 aromatic rings. The summed E-state index contributed by atoms with van der Waals surface area (Å²) in [6, 6.07) is 8.61. The van der Waals surface area contributed by atoms with Crippen LogP contribution in [0.15, 0.2) is 29.6 Å². The number of H-pyrrole nitrogens is 1. The minimum Gasteiger partial charge on any atom is -0.342 e. The van der Waals surface area contributed by atoms with Gasteiger partial charge in [0.25, 0.3) is 0 Å². The monoisotopic (exact) mass is 408 g/mol. The lowest BCUT2D eigenvalue weighted by atomic mass is 9.96. The van der Waals surface area contributed by atoms with Crippen molar-refractivity contribution >= 4 is 22.4 Å². The van der Waals surface area contributed by atoms with Crippen LogP contribution < -0.4 is 4.90 Å². The van der Waals surface area contributed by atoms with Gasteiger partial charge in [0.15, 0.2) is 0 Å². The van der Waals surface area contributed by atoms with E-state index >= 15 is 0 Å². The van der Waals surface area contributed by atoms with E-state index in [0.717, 1.165) is 61.7 Å². The summed E-state index contributed by atoms with van der Waals surface area (Å²) in [5.41, 5.74) is 4.86. The first-order valence-electron chi connectivity index (χ1n) is 10.2. The van der Waals surface area contributed by atoms with Crippen LogP contribution in [0.5, 0.6) is 0 Å². The van der Waals surface area contributed by atoms with Crippen molar-refractivity contribution in [2.24, 2.45) is 0 Å². The predicted octanol–water partition coefficient (Wildman–Crippen LogP) is 2.24. The molecule has 5 rings (SSSR count). The molecule has 0 radical (unpaired) electrons. The average Bonchev–Trinajstić information content (AvgIpc) is 3.46. The Morgan fingerprint density at radius 1 is 1.21 bits per heavy atom. The van der Waals surface area contributed by atoms with Gasteiger partial charge in [0.1, 0.15) is 12.4 Å². The zero-order chi connectivity index (χ0) is 19.8. The van der Waals surface area contributed by atoms with Gasteiger partial charge in [-0.15, -0.1) is 16.4 Å². The second-order valence-corrected chi connectivity index (χ2v) is 9.14. The van der Waals surface area contributed by atoms with Crippen molar-refractivity contribution in [2.75, 3.05) is 13.1 Å². The number of thiophene rings is 1. The number of aromatic nitrogens is 6. The van der Waals surface area contributed by atoms with E-state index < -0.39 is 0 Å². The van der Waals surface area contributed by atoms with Gasteiger partial charge in [0, 0.05) is 23.6 Å². The number of hydrogen-bond acceptors (Lipinski definition) is 5. The molecule has 0 saturated carbocycles. The Balaban J connectivity index is 1.23. The highest BCUT2D eigenvalue weighted by Gasteiger charge is 2.27. The maximum Gasteiger partial charge on any atom is 0.206 e. The van der Waals surface area contributed by atoms with Crippen LogP contribution in [0.2, 0.25) is 0 Å². The van der Waals surface area contributed by atoms with Gasteiger partial charge in [0.2, 0.25) is 5.82 Å². The van der Waals surface area contributed by atoms with Crippen LogP contribution in [0.3, 0.4) is 0 Å². The first-order chi connectivity index (χ1) is 14.2. The minimum absolute atomic E-state index is 0.508. The SMILES string of the molecule is Cc1cc2nc(C3CC[NH+](Cc4nnnn4Cc4cccs4)CC3)[nH]c2cc1C. The third kappa shape index (κ3) is 3.82. The van der Waals surface area contributed by atoms with Crippen molar-refractivity contribution in [3.8, 4) is 0 Å². The molecule has 0 unspecified atom stereocenters. The molecule has 0 atom stereocenters. The fraction of sp³-hybridized carbons (Fsp3) is 0.429. The lowest BCUT2D eigenvalue weighted by molar-refractivity contribution is -0.919. The van der Waals surface area contributed by atoms with Crippen LogP contribution in [0.25, 0.3) is 11.0 Å². The largest absolute Gasteiger partial charge is 0.342 e. The summed E-state index contributed by atoms with van der Waals surface area (Å²) in [6.45, 7) is 8.18. The smallest absolute Gasteiger partial charge is 0.206 e. The van der Waals surface area contributed by atoms with Gasteiger partial charge in [-0.2, -0.15) is 0 Å². The predicted molar refractivity (Wildman–Crippen MR) is 113 cm³/mol. The summed E-state index contributed by atoms with van der Waals surface area (Å²) in [5.74, 6) is 2.63. The lowest BCUT2D eigenvalue weighted by Crippen LogP contribution is -3.11. The van der Waals surface area contributed by atoms with E-state index in [4.69, 9.17) is 4.98 Å². The molecule has 1 saturated heterocycles. The molecule has 1 fully saturated rings. The number of aromatic amines is 1. The van der Waals surface area contributed by atoms with Gasteiger partial charge < -0.3 is 9.88 Å². The third-order valence-electron chi connectivity index (χ3n) is 6.09. The van der Waals surface area contributed by atoms with Crippen LogP contribution in [0.4, 0.5) is 0 Å². The van der Waals surface area contributed by atoms with E-state index in [2.05, 4.69) is 64.0 Å². The van der Waals surface area contributed by atoms with Crippen molar-refractivity contribution in [1.29, 1.82) is 0 Å². The van der Waals surface area contributed by atoms with Crippen LogP contribution in [-0.4, -0.2) is 43.3 Å². The van der Waals surface area contributed by atoms with Gasteiger partial charge in [-0.1, -0.05) is 6.07 Å². The van der Waals surface area contributed by atoms with E-state index in [9.17, 15) is 0 Å². The zero-order valence-corrected chi connectivity index (χ0v) is 17.7. The van der Waals surface area contributed by atoms with Gasteiger partial charge in [-0.05, 0) is 59.0 Å². The second kappa shape index (κ2) is 7.68. The topological polar surface area (TPSA) is 76.7 Å². The highest BCUT2D eigenvalue weighted by atomic mass is 32.1. The maximum absolute atomic E-state index is 4.89. The molecule has 2 N–H and O–H groups in total. The molecule has 3 aromatic heterocycles. The molecule has 0 aliphatic carbocycles. The van der Waals surface area contributed by atoms with Crippen LogP contribution in [-0.2, 0) is 13.1 Å². The van der Waals surface area contributed by atoms with Crippen molar-refractivity contribution in [2.45, 2.75) is 45.7 Å². The summed E-state index contributed by atoms with van der Waals surface area (Å²) in [4.78, 5) is 11.3. The molecule has 29 heavy (non-hydrogen) atoms. The van der Waals surface area contributed by atoms with Gasteiger partial charge in [-0.25, -0.2) is 9.67 Å². The summed E-state index contributed by atoms with van der Waals surface area (Å²) in [6.07, 6.45) is 2.28. The fourth-order valence-electron chi connectivity index (χ4n) is 4.21. The molecule has 8 heteroatoms. The van der Waals surface area contributed by atoms with Gasteiger partial charge in [-0.3, -0.25) is 0 Å². The fourth-order valence-corrected chi connectivity index (χ4v) is 4.89. The van der Waals surface area contributed by atoms with Gasteiger partial charge >= 0.3 is 0 Å². The standard InChI is InChI=1S/C21H25N7S/c1-14-10-18-19(11-15(14)2)23-21(22-18)16-5-7-27(8-6-16)13-20-24-25-26-28(20)12-17-4-3-9-29-17/h3-4,9-11,16H,5-8,12-13H2,1-2H3,(H,22,23)/p+1. The average molecular weight is 409 g/mol. The van der Waals surface area contributed by atoms with Crippen molar-refractivity contribution in [3.63, 3.8) is 0 Å². The third-order valence-corrected chi connectivity index (χ3v) is 6.96. The molecule has 0 spiro atoms. The minimum atomic E-state index is 0.508. The Hall–Kier alpha value is -2.58. The number of tetrazole rings is 1. The Morgan fingerprint density at radius 2 is 2.03 bits per heavy atom. The molecule has 150 valence electrons. The molecule has 4 heterocycles. The summed E-state index contributed by atoms with van der Waals surface area (Å²) >= 11 is 1.74. The van der Waals surface area contributed by atoms with Gasteiger partial charge in [0.05, 0.1) is 30.7 Å². The Labute approximate surface area is 173 Å². The highest BCUT2D eigenvalue weighted by Crippen LogP contribution is 2.25. The maximum atomic E-state index is 4.89. The van der Waals surface area contributed by atoms with Crippen LogP contribution in [0.1, 0.15) is 46.4 Å². The van der Waals surface area contributed by atoms with Crippen LogP contribution in [0, 0.1) is 13.8 Å². The number of aryl methyl sites for hydroxylation is 2. The normalized spacial score (nSPS) is 19.8.